The molecule has 6 heavy (non-hydrogen) atoms. The summed E-state index contributed by atoms with van der Waals surface area (Å²) in [6.45, 7) is 0. The van der Waals surface area contributed by atoms with Crippen molar-refractivity contribution in [3.63, 3.8) is 0 Å². The van der Waals surface area contributed by atoms with Gasteiger partial charge < -0.3 is 0 Å². The highest BCUT2D eigenvalue weighted by molar-refractivity contribution is 7.85. The lowest BCUT2D eigenvalue weighted by Gasteiger charge is -1.89. The van der Waals surface area contributed by atoms with Crippen LogP contribution in [0, 0.1) is 4.78 Å². The largest absolute Gasteiger partial charge is 0.277 e. The molecule has 0 aliphatic rings. The minimum Gasteiger partial charge on any atom is -0.277 e. The first-order valence-electron chi connectivity index (χ1n) is 1.18. The Morgan fingerprint density at radius 2 is 2.17 bits per heavy atom. The summed E-state index contributed by atoms with van der Waals surface area (Å²) in [4.78, 5) is 0. The van der Waals surface area contributed by atoms with E-state index >= 15 is 0 Å². The molecule has 0 aliphatic heterocycles. The molecule has 0 rings (SSSR count). The van der Waals surface area contributed by atoms with Crippen LogP contribution in [0.3, 0.4) is 0 Å². The second-order valence-corrected chi connectivity index (χ2v) is 2.14. The molecule has 0 saturated carbocycles. The topological polar surface area (TPSA) is 76.2 Å². The Morgan fingerprint density at radius 3 is 2.17 bits per heavy atom. The van der Waals surface area contributed by atoms with Crippen molar-refractivity contribution in [1.29, 1.82) is 4.78 Å². The Morgan fingerprint density at radius 1 is 2.00 bits per heavy atom. The summed E-state index contributed by atoms with van der Waals surface area (Å²) in [5.74, 6) is 0. The van der Waals surface area contributed by atoms with Gasteiger partial charge in [-0.2, -0.15) is 0 Å². The predicted octanol–water partition coefficient (Wildman–Crippen LogP) is -0.532. The molecular weight excluding hydrogens is 104 g/mol. The molecule has 0 aromatic rings. The summed E-state index contributed by atoms with van der Waals surface area (Å²) in [6.07, 6.45) is 0. The average Bonchev–Trinajstić information content (AvgIpc) is 1.35. The molecule has 0 fully saturated rings. The van der Waals surface area contributed by atoms with E-state index in [0.717, 1.165) is 7.11 Å². The van der Waals surface area contributed by atoms with E-state index < -0.39 is 10.2 Å². The molecule has 0 amide bonds. The zero-order valence-corrected chi connectivity index (χ0v) is 4.12. The molecule has 0 aromatic carbocycles. The van der Waals surface area contributed by atoms with Gasteiger partial charge in [0.25, 0.3) is 0 Å². The monoisotopic (exact) mass is 110 g/mol. The van der Waals surface area contributed by atoms with Crippen molar-refractivity contribution in [2.75, 3.05) is 7.11 Å². The van der Waals surface area contributed by atoms with E-state index in [1.807, 2.05) is 0 Å². The second-order valence-electron chi connectivity index (χ2n) is 0.712. The average molecular weight is 110 g/mol. The van der Waals surface area contributed by atoms with Crippen molar-refractivity contribution < 1.29 is 8.39 Å². The second kappa shape index (κ2) is 1.55. The third-order valence-corrected chi connectivity index (χ3v) is 0.743. The molecule has 3 N–H and O–H groups in total. The van der Waals surface area contributed by atoms with Gasteiger partial charge >= 0.3 is 0 Å². The number of nitrogens with two attached hydrogens (primary N) is 1. The molecule has 0 aromatic heterocycles. The van der Waals surface area contributed by atoms with E-state index in [9.17, 15) is 4.21 Å². The van der Waals surface area contributed by atoms with Crippen LogP contribution < -0.4 is 5.14 Å². The van der Waals surface area contributed by atoms with Crippen molar-refractivity contribution in [2.45, 2.75) is 0 Å². The van der Waals surface area contributed by atoms with Crippen molar-refractivity contribution in [1.82, 2.24) is 0 Å². The van der Waals surface area contributed by atoms with Gasteiger partial charge in [0.2, 0.25) is 10.2 Å². The molecule has 0 saturated heterocycles. The van der Waals surface area contributed by atoms with Gasteiger partial charge in [-0.1, -0.05) is 0 Å². The number of nitrogens with one attached hydrogen (secondary N) is 1. The van der Waals surface area contributed by atoms with Crippen LogP contribution in [0.2, 0.25) is 0 Å². The predicted molar refractivity (Wildman–Crippen MR) is 22.1 cm³/mol. The van der Waals surface area contributed by atoms with Gasteiger partial charge in [0.1, 0.15) is 0 Å². The third-order valence-electron chi connectivity index (χ3n) is 0.248. The van der Waals surface area contributed by atoms with Crippen LogP contribution in [-0.2, 0) is 14.4 Å². The summed E-state index contributed by atoms with van der Waals surface area (Å²) >= 11 is 0. The van der Waals surface area contributed by atoms with E-state index in [4.69, 9.17) is 4.78 Å². The maximum atomic E-state index is 9.78. The van der Waals surface area contributed by atoms with Crippen LogP contribution >= 0.6 is 0 Å². The summed E-state index contributed by atoms with van der Waals surface area (Å²) in [7, 11) is -2.04. The molecule has 5 heteroatoms. The molecule has 38 valence electrons. The maximum Gasteiger partial charge on any atom is 0.225 e. The van der Waals surface area contributed by atoms with Gasteiger partial charge in [-0.15, -0.1) is 0 Å². The van der Waals surface area contributed by atoms with Crippen molar-refractivity contribution >= 4 is 10.2 Å². The fraction of sp³-hybridized carbons (Fsp3) is 1.00. The van der Waals surface area contributed by atoms with Gasteiger partial charge in [0, 0.05) is 0 Å². The number of hydrogen-bond donors (Lipinski definition) is 2. The lowest BCUT2D eigenvalue weighted by Crippen LogP contribution is -2.10. The van der Waals surface area contributed by atoms with Crippen molar-refractivity contribution in [3.8, 4) is 0 Å². The van der Waals surface area contributed by atoms with Crippen LogP contribution in [0.15, 0.2) is 0 Å². The van der Waals surface area contributed by atoms with Crippen LogP contribution in [0.25, 0.3) is 0 Å². The van der Waals surface area contributed by atoms with Gasteiger partial charge in [-0.3, -0.25) is 4.18 Å². The molecule has 4 nitrogen and oxygen atoms in total. The molecule has 0 bridgehead atoms. The summed E-state index contributed by atoms with van der Waals surface area (Å²) in [5, 5.41) is 4.51. The van der Waals surface area contributed by atoms with E-state index in [1.54, 1.807) is 0 Å². The minimum atomic E-state index is -3.16. The summed E-state index contributed by atoms with van der Waals surface area (Å²) in [6, 6.07) is 0. The fourth-order valence-electron chi connectivity index (χ4n) is 0. The van der Waals surface area contributed by atoms with Gasteiger partial charge in [-0.05, 0) is 0 Å². The lowest BCUT2D eigenvalue weighted by molar-refractivity contribution is 0.435. The molecule has 0 spiro atoms. The fourth-order valence-corrected chi connectivity index (χ4v) is 0. The van der Waals surface area contributed by atoms with E-state index in [2.05, 4.69) is 9.32 Å². The van der Waals surface area contributed by atoms with Gasteiger partial charge in [0.05, 0.1) is 7.11 Å². The zero-order valence-electron chi connectivity index (χ0n) is 3.30. The molecule has 0 heterocycles. The van der Waals surface area contributed by atoms with E-state index in [-0.39, 0.29) is 0 Å². The quantitative estimate of drug-likeness (QED) is 0.476. The van der Waals surface area contributed by atoms with E-state index in [1.165, 1.54) is 0 Å². The minimum absolute atomic E-state index is 1.12. The first-order valence-corrected chi connectivity index (χ1v) is 2.73. The molecule has 0 aliphatic carbocycles. The number of hydrogen-bond acceptors (Lipinski definition) is 3. The molecular formula is CH6N2O2S. The van der Waals surface area contributed by atoms with Crippen LogP contribution in [0.1, 0.15) is 0 Å². The Labute approximate surface area is 36.6 Å². The number of rotatable bonds is 1. The van der Waals surface area contributed by atoms with Gasteiger partial charge in [0.15, 0.2) is 0 Å². The van der Waals surface area contributed by atoms with Crippen molar-refractivity contribution in [3.05, 3.63) is 0 Å². The SMILES string of the molecule is COS(=N)(N)=O. The Bertz CT molecular complexity index is 114. The Balaban J connectivity index is 3.85. The lowest BCUT2D eigenvalue weighted by atomic mass is 11.8. The normalized spacial score (nSPS) is 19.7. The highest BCUT2D eigenvalue weighted by atomic mass is 32.2. The first kappa shape index (κ1) is 5.87. The molecule has 1 atom stereocenters. The standard InChI is InChI=1S/CH6N2O2S/c1-5-6(2,3)4/h1H3,(H3,2,3,4). The Hall–Kier alpha value is -0.130. The van der Waals surface area contributed by atoms with Crippen molar-refractivity contribution in [2.24, 2.45) is 5.14 Å². The van der Waals surface area contributed by atoms with Crippen LogP contribution in [0.4, 0.5) is 0 Å². The maximum absolute atomic E-state index is 9.78. The highest BCUT2D eigenvalue weighted by Gasteiger charge is 1.84. The van der Waals surface area contributed by atoms with Gasteiger partial charge in [-0.25, -0.2) is 14.1 Å². The van der Waals surface area contributed by atoms with Crippen LogP contribution in [0.5, 0.6) is 0 Å². The molecule has 1 unspecified atom stereocenters. The zero-order chi connectivity index (χ0) is 5.21. The smallest absolute Gasteiger partial charge is 0.225 e. The third kappa shape index (κ3) is 3.87. The summed E-state index contributed by atoms with van der Waals surface area (Å²) in [5.41, 5.74) is 0. The molecule has 0 radical (unpaired) electrons. The van der Waals surface area contributed by atoms with Crippen LogP contribution in [-0.4, -0.2) is 11.3 Å². The highest BCUT2D eigenvalue weighted by Crippen LogP contribution is 1.71. The Kier molecular flexibility index (Phi) is 1.51. The van der Waals surface area contributed by atoms with E-state index in [0.29, 0.717) is 0 Å². The first-order chi connectivity index (χ1) is 2.56. The summed E-state index contributed by atoms with van der Waals surface area (Å²) < 4.78 is 20.0.